The number of amides is 1. The summed E-state index contributed by atoms with van der Waals surface area (Å²) in [5, 5.41) is 0. The van der Waals surface area contributed by atoms with Gasteiger partial charge < -0.3 is 14.5 Å². The second kappa shape index (κ2) is 6.65. The number of aromatic nitrogens is 1. The molecule has 0 N–H and O–H groups in total. The van der Waals surface area contributed by atoms with E-state index in [-0.39, 0.29) is 5.91 Å². The van der Waals surface area contributed by atoms with E-state index in [0.29, 0.717) is 30.1 Å². The van der Waals surface area contributed by atoms with Gasteiger partial charge in [-0.25, -0.2) is 4.98 Å². The zero-order valence-electron chi connectivity index (χ0n) is 13.5. The summed E-state index contributed by atoms with van der Waals surface area (Å²) in [6.45, 7) is 4.41. The zero-order chi connectivity index (χ0) is 15.5. The summed E-state index contributed by atoms with van der Waals surface area (Å²) in [5.41, 5.74) is 0.594. The first-order valence-electron chi connectivity index (χ1n) is 8.31. The van der Waals surface area contributed by atoms with Crippen LogP contribution >= 0.6 is 0 Å². The van der Waals surface area contributed by atoms with Crippen LogP contribution in [0.1, 0.15) is 43.0 Å². The highest BCUT2D eigenvalue weighted by Gasteiger charge is 2.39. The van der Waals surface area contributed by atoms with Crippen LogP contribution in [0.4, 0.5) is 0 Å². The summed E-state index contributed by atoms with van der Waals surface area (Å²) >= 11 is 0. The number of likely N-dealkylation sites (N-methyl/N-ethyl adjacent to an activating group) is 1. The van der Waals surface area contributed by atoms with Crippen LogP contribution in [0.3, 0.4) is 0 Å². The number of rotatable bonds is 4. The fraction of sp³-hybridized carbons (Fsp3) is 0.647. The Labute approximate surface area is 132 Å². The Kier molecular flexibility index (Phi) is 4.62. The first-order valence-corrected chi connectivity index (χ1v) is 8.31. The van der Waals surface area contributed by atoms with Crippen molar-refractivity contribution in [3.05, 3.63) is 23.9 Å². The molecule has 3 heterocycles. The van der Waals surface area contributed by atoms with Gasteiger partial charge in [0.15, 0.2) is 0 Å². The maximum atomic E-state index is 13.0. The summed E-state index contributed by atoms with van der Waals surface area (Å²) < 4.78 is 5.53. The molecule has 5 nitrogen and oxygen atoms in total. The van der Waals surface area contributed by atoms with E-state index in [2.05, 4.69) is 16.9 Å². The average molecular weight is 303 g/mol. The molecule has 0 saturated carbocycles. The number of hydrogen-bond donors (Lipinski definition) is 0. The number of ether oxygens (including phenoxy) is 1. The number of likely N-dealkylation sites (tertiary alicyclic amines) is 2. The highest BCUT2D eigenvalue weighted by atomic mass is 16.5. The predicted octanol–water partition coefficient (Wildman–Crippen LogP) is 2.18. The minimum Gasteiger partial charge on any atom is -0.477 e. The van der Waals surface area contributed by atoms with E-state index in [1.165, 1.54) is 12.8 Å². The number of hydrogen-bond acceptors (Lipinski definition) is 4. The van der Waals surface area contributed by atoms with Gasteiger partial charge in [-0.2, -0.15) is 0 Å². The van der Waals surface area contributed by atoms with Gasteiger partial charge in [-0.05, 0) is 58.3 Å². The van der Waals surface area contributed by atoms with Crippen LogP contribution in [0, 0.1) is 0 Å². The first-order chi connectivity index (χ1) is 10.7. The van der Waals surface area contributed by atoms with E-state index in [4.69, 9.17) is 4.74 Å². The zero-order valence-corrected chi connectivity index (χ0v) is 13.5. The van der Waals surface area contributed by atoms with E-state index < -0.39 is 0 Å². The van der Waals surface area contributed by atoms with Crippen LogP contribution in [0.25, 0.3) is 0 Å². The molecule has 2 saturated heterocycles. The van der Waals surface area contributed by atoms with Gasteiger partial charge >= 0.3 is 0 Å². The maximum absolute atomic E-state index is 13.0. The molecule has 0 aliphatic carbocycles. The lowest BCUT2D eigenvalue weighted by Crippen LogP contribution is -2.47. The normalized spacial score (nSPS) is 25.6. The first kappa shape index (κ1) is 15.3. The van der Waals surface area contributed by atoms with Crippen LogP contribution in [0.5, 0.6) is 5.88 Å². The monoisotopic (exact) mass is 303 g/mol. The van der Waals surface area contributed by atoms with Crippen molar-refractivity contribution in [3.8, 4) is 5.88 Å². The van der Waals surface area contributed by atoms with Gasteiger partial charge in [-0.15, -0.1) is 0 Å². The molecular formula is C17H25N3O2. The van der Waals surface area contributed by atoms with Crippen molar-refractivity contribution < 1.29 is 9.53 Å². The van der Waals surface area contributed by atoms with Gasteiger partial charge in [-0.3, -0.25) is 4.79 Å². The number of carbonyl (C=O) groups excluding carboxylic acids is 1. The van der Waals surface area contributed by atoms with Crippen molar-refractivity contribution in [2.24, 2.45) is 0 Å². The Morgan fingerprint density at radius 1 is 1.32 bits per heavy atom. The molecule has 0 spiro atoms. The SMILES string of the molecule is CCOc1ncccc1C(=O)N1CCC[C@H]1[C@@H]1CCCN1C. The second-order valence-electron chi connectivity index (χ2n) is 6.19. The Bertz CT molecular complexity index is 534. The summed E-state index contributed by atoms with van der Waals surface area (Å²) in [6.07, 6.45) is 6.29. The molecule has 1 aromatic heterocycles. The van der Waals surface area contributed by atoms with Gasteiger partial charge in [0.2, 0.25) is 5.88 Å². The van der Waals surface area contributed by atoms with Crippen LogP contribution in [0.2, 0.25) is 0 Å². The number of pyridine rings is 1. The van der Waals surface area contributed by atoms with Crippen LogP contribution in [0.15, 0.2) is 18.3 Å². The Morgan fingerprint density at radius 3 is 2.82 bits per heavy atom. The Morgan fingerprint density at radius 2 is 2.09 bits per heavy atom. The molecule has 0 aromatic carbocycles. The molecule has 0 bridgehead atoms. The maximum Gasteiger partial charge on any atom is 0.259 e. The topological polar surface area (TPSA) is 45.7 Å². The van der Waals surface area contributed by atoms with Gasteiger partial charge in [0, 0.05) is 24.8 Å². The molecule has 0 radical (unpaired) electrons. The molecule has 2 aliphatic rings. The van der Waals surface area contributed by atoms with E-state index in [1.54, 1.807) is 6.20 Å². The molecule has 1 amide bonds. The lowest BCUT2D eigenvalue weighted by molar-refractivity contribution is 0.0659. The predicted molar refractivity (Wildman–Crippen MR) is 85.1 cm³/mol. The van der Waals surface area contributed by atoms with E-state index in [1.807, 2.05) is 24.0 Å². The average Bonchev–Trinajstić information content (AvgIpc) is 3.15. The highest BCUT2D eigenvalue weighted by molar-refractivity contribution is 5.96. The lowest BCUT2D eigenvalue weighted by Gasteiger charge is -2.33. The number of carbonyl (C=O) groups is 1. The van der Waals surface area contributed by atoms with Crippen LogP contribution in [-0.4, -0.2) is 59.5 Å². The molecule has 5 heteroatoms. The largest absolute Gasteiger partial charge is 0.477 e. The molecule has 3 rings (SSSR count). The minimum absolute atomic E-state index is 0.0688. The molecular weight excluding hydrogens is 278 g/mol. The molecule has 22 heavy (non-hydrogen) atoms. The van der Waals surface area contributed by atoms with Gasteiger partial charge in [0.05, 0.1) is 6.61 Å². The summed E-state index contributed by atoms with van der Waals surface area (Å²) in [6, 6.07) is 4.46. The van der Waals surface area contributed by atoms with Crippen molar-refractivity contribution in [1.29, 1.82) is 0 Å². The van der Waals surface area contributed by atoms with E-state index in [9.17, 15) is 4.79 Å². The lowest BCUT2D eigenvalue weighted by atomic mass is 10.0. The smallest absolute Gasteiger partial charge is 0.259 e. The fourth-order valence-corrected chi connectivity index (χ4v) is 3.83. The van der Waals surface area contributed by atoms with Crippen molar-refractivity contribution in [1.82, 2.24) is 14.8 Å². The molecule has 2 atom stereocenters. The molecule has 1 aromatic rings. The summed E-state index contributed by atoms with van der Waals surface area (Å²) in [4.78, 5) is 21.7. The Balaban J connectivity index is 1.82. The third-order valence-corrected chi connectivity index (χ3v) is 4.86. The minimum atomic E-state index is 0.0688. The highest BCUT2D eigenvalue weighted by Crippen LogP contribution is 2.31. The van der Waals surface area contributed by atoms with Gasteiger partial charge in [0.25, 0.3) is 5.91 Å². The molecule has 2 fully saturated rings. The van der Waals surface area contributed by atoms with Crippen molar-refractivity contribution in [2.75, 3.05) is 26.7 Å². The molecule has 0 unspecified atom stereocenters. The van der Waals surface area contributed by atoms with Crippen molar-refractivity contribution in [3.63, 3.8) is 0 Å². The third kappa shape index (κ3) is 2.82. The third-order valence-electron chi connectivity index (χ3n) is 4.86. The standard InChI is InChI=1S/C17H25N3O2/c1-3-22-16-13(7-4-10-18-16)17(21)20-12-6-9-15(20)14-8-5-11-19(14)2/h4,7,10,14-15H,3,5-6,8-9,11-12H2,1-2H3/t14-,15-/m0/s1. The Hall–Kier alpha value is -1.62. The van der Waals surface area contributed by atoms with Crippen molar-refractivity contribution in [2.45, 2.75) is 44.7 Å². The van der Waals surface area contributed by atoms with Gasteiger partial charge in [0.1, 0.15) is 5.56 Å². The van der Waals surface area contributed by atoms with Crippen LogP contribution < -0.4 is 4.74 Å². The summed E-state index contributed by atoms with van der Waals surface area (Å²) in [5.74, 6) is 0.528. The van der Waals surface area contributed by atoms with Crippen LogP contribution in [-0.2, 0) is 0 Å². The van der Waals surface area contributed by atoms with Crippen molar-refractivity contribution >= 4 is 5.91 Å². The second-order valence-corrected chi connectivity index (χ2v) is 6.19. The molecule has 120 valence electrons. The van der Waals surface area contributed by atoms with Gasteiger partial charge in [-0.1, -0.05) is 0 Å². The quantitative estimate of drug-likeness (QED) is 0.855. The fourth-order valence-electron chi connectivity index (χ4n) is 3.83. The van der Waals surface area contributed by atoms with E-state index in [0.717, 1.165) is 25.9 Å². The molecule has 2 aliphatic heterocycles. The number of nitrogens with zero attached hydrogens (tertiary/aromatic N) is 3. The summed E-state index contributed by atoms with van der Waals surface area (Å²) in [7, 11) is 2.17. The van der Waals surface area contributed by atoms with E-state index >= 15 is 0 Å².